The molecule has 0 fully saturated rings. The second-order valence-corrected chi connectivity index (χ2v) is 5.03. The number of aryl methyl sites for hydroxylation is 1. The van der Waals surface area contributed by atoms with Gasteiger partial charge in [-0.1, -0.05) is 0 Å². The van der Waals surface area contributed by atoms with E-state index in [-0.39, 0.29) is 0 Å². The molecule has 0 unspecified atom stereocenters. The van der Waals surface area contributed by atoms with Crippen molar-refractivity contribution >= 4 is 33.1 Å². The normalized spacial score (nSPS) is 10.3. The Bertz CT molecular complexity index is 442. The molecule has 0 saturated heterocycles. The molecule has 0 aliphatic rings. The lowest BCUT2D eigenvalue weighted by atomic mass is 10.3. The van der Waals surface area contributed by atoms with Gasteiger partial charge in [0.1, 0.15) is 5.82 Å². The highest BCUT2D eigenvalue weighted by molar-refractivity contribution is 9.10. The Kier molecular flexibility index (Phi) is 3.33. The molecule has 1 N–H and O–H groups in total. The Morgan fingerprint density at radius 3 is 3.00 bits per heavy atom. The predicted molar refractivity (Wildman–Crippen MR) is 66.1 cm³/mol. The molecule has 0 aromatic carbocycles. The van der Waals surface area contributed by atoms with Crippen molar-refractivity contribution in [2.24, 2.45) is 0 Å². The van der Waals surface area contributed by atoms with Crippen LogP contribution in [0.4, 0.5) is 5.82 Å². The van der Waals surface area contributed by atoms with Gasteiger partial charge in [0.05, 0.1) is 12.1 Å². The summed E-state index contributed by atoms with van der Waals surface area (Å²) in [5.41, 5.74) is 2.97. The van der Waals surface area contributed by atoms with E-state index in [1.807, 2.05) is 24.7 Å². The first kappa shape index (κ1) is 10.6. The van der Waals surface area contributed by atoms with E-state index < -0.39 is 0 Å². The van der Waals surface area contributed by atoms with Gasteiger partial charge in [-0.05, 0) is 34.5 Å². The van der Waals surface area contributed by atoms with Gasteiger partial charge in [-0.3, -0.25) is 4.98 Å². The van der Waals surface area contributed by atoms with Gasteiger partial charge in [-0.25, -0.2) is 4.98 Å². The van der Waals surface area contributed by atoms with Gasteiger partial charge in [0.25, 0.3) is 0 Å². The van der Waals surface area contributed by atoms with Crippen LogP contribution in [-0.2, 0) is 6.54 Å². The molecule has 78 valence electrons. The third-order valence-electron chi connectivity index (χ3n) is 1.96. The van der Waals surface area contributed by atoms with Gasteiger partial charge >= 0.3 is 0 Å². The van der Waals surface area contributed by atoms with Crippen molar-refractivity contribution in [2.75, 3.05) is 5.32 Å². The summed E-state index contributed by atoms with van der Waals surface area (Å²) in [5.74, 6) is 0.923. The van der Waals surface area contributed by atoms with Crippen LogP contribution < -0.4 is 5.32 Å². The molecule has 0 radical (unpaired) electrons. The second-order valence-electron chi connectivity index (χ2n) is 3.14. The van der Waals surface area contributed by atoms with Gasteiger partial charge in [0, 0.05) is 21.7 Å². The number of aromatic nitrogens is 2. The summed E-state index contributed by atoms with van der Waals surface area (Å²) < 4.78 is 1.00. The lowest BCUT2D eigenvalue weighted by Crippen LogP contribution is -2.01. The van der Waals surface area contributed by atoms with Crippen molar-refractivity contribution in [1.82, 2.24) is 9.97 Å². The van der Waals surface area contributed by atoms with Gasteiger partial charge in [0.2, 0.25) is 0 Å². The molecule has 3 nitrogen and oxygen atoms in total. The van der Waals surface area contributed by atoms with E-state index in [1.54, 1.807) is 17.5 Å². The molecule has 0 amide bonds. The Labute approximate surface area is 101 Å². The lowest BCUT2D eigenvalue weighted by molar-refractivity contribution is 1.11. The van der Waals surface area contributed by atoms with Crippen LogP contribution in [0.5, 0.6) is 0 Å². The molecule has 0 spiro atoms. The average Bonchev–Trinajstić information content (AvgIpc) is 2.69. The number of halogens is 1. The maximum absolute atomic E-state index is 4.30. The van der Waals surface area contributed by atoms with Crippen LogP contribution in [0.15, 0.2) is 28.4 Å². The summed E-state index contributed by atoms with van der Waals surface area (Å²) in [4.78, 5) is 9.53. The van der Waals surface area contributed by atoms with Crippen molar-refractivity contribution in [2.45, 2.75) is 13.5 Å². The summed E-state index contributed by atoms with van der Waals surface area (Å²) in [6.07, 6.45) is 3.66. The predicted octanol–water partition coefficient (Wildman–Crippen LogP) is 3.22. The Morgan fingerprint density at radius 1 is 1.47 bits per heavy atom. The Hall–Kier alpha value is -0.940. The van der Waals surface area contributed by atoms with E-state index >= 15 is 0 Å². The zero-order chi connectivity index (χ0) is 10.7. The minimum Gasteiger partial charge on any atom is -0.365 e. The number of hydrogen-bond donors (Lipinski definition) is 1. The maximum atomic E-state index is 4.30. The summed E-state index contributed by atoms with van der Waals surface area (Å²) in [6, 6.07) is 2.04. The number of hydrogen-bond acceptors (Lipinski definition) is 4. The van der Waals surface area contributed by atoms with E-state index in [0.717, 1.165) is 22.4 Å². The molecule has 2 heterocycles. The molecule has 2 rings (SSSR count). The van der Waals surface area contributed by atoms with Gasteiger partial charge in [0.15, 0.2) is 0 Å². The molecular weight excluding hydrogens is 274 g/mol. The second kappa shape index (κ2) is 4.72. The van der Waals surface area contributed by atoms with E-state index in [9.17, 15) is 0 Å². The first-order valence-corrected chi connectivity index (χ1v) is 6.16. The maximum Gasteiger partial charge on any atom is 0.129 e. The molecule has 0 bridgehead atoms. The summed E-state index contributed by atoms with van der Waals surface area (Å²) >= 11 is 5.03. The van der Waals surface area contributed by atoms with Crippen LogP contribution in [0.2, 0.25) is 0 Å². The number of nitrogens with zero attached hydrogens (tertiary/aromatic N) is 2. The molecular formula is C10H10BrN3S. The molecule has 0 aliphatic heterocycles. The Balaban J connectivity index is 2.05. The summed E-state index contributed by atoms with van der Waals surface area (Å²) in [6.45, 7) is 2.81. The van der Waals surface area contributed by atoms with Crippen LogP contribution in [0.25, 0.3) is 0 Å². The molecule has 2 aromatic heterocycles. The van der Waals surface area contributed by atoms with E-state index in [2.05, 4.69) is 31.2 Å². The quantitative estimate of drug-likeness (QED) is 0.940. The lowest BCUT2D eigenvalue weighted by Gasteiger charge is -2.06. The number of rotatable bonds is 3. The van der Waals surface area contributed by atoms with E-state index in [0.29, 0.717) is 0 Å². The molecule has 0 aliphatic carbocycles. The highest BCUT2D eigenvalue weighted by Crippen LogP contribution is 2.17. The average molecular weight is 284 g/mol. The molecule has 2 aromatic rings. The standard InChI is InChI=1S/C10H10BrN3S/c1-7-2-8(11)3-13-10(7)14-5-9-4-12-6-15-9/h2-4,6H,5H2,1H3,(H,13,14). The zero-order valence-corrected chi connectivity index (χ0v) is 10.6. The van der Waals surface area contributed by atoms with E-state index in [1.165, 1.54) is 4.88 Å². The third kappa shape index (κ3) is 2.76. The van der Waals surface area contributed by atoms with Crippen LogP contribution in [0.3, 0.4) is 0 Å². The highest BCUT2D eigenvalue weighted by Gasteiger charge is 2.00. The van der Waals surface area contributed by atoms with Crippen LogP contribution >= 0.6 is 27.3 Å². The van der Waals surface area contributed by atoms with Gasteiger partial charge in [-0.2, -0.15) is 0 Å². The SMILES string of the molecule is Cc1cc(Br)cnc1NCc1cncs1. The first-order valence-electron chi connectivity index (χ1n) is 4.49. The number of pyridine rings is 1. The minimum atomic E-state index is 0.778. The van der Waals surface area contributed by atoms with Gasteiger partial charge < -0.3 is 5.32 Å². The van der Waals surface area contributed by atoms with Crippen molar-refractivity contribution < 1.29 is 0 Å². The van der Waals surface area contributed by atoms with E-state index in [4.69, 9.17) is 0 Å². The highest BCUT2D eigenvalue weighted by atomic mass is 79.9. The largest absolute Gasteiger partial charge is 0.365 e. The smallest absolute Gasteiger partial charge is 0.129 e. The molecule has 0 atom stereocenters. The van der Waals surface area contributed by atoms with Crippen LogP contribution in [0.1, 0.15) is 10.4 Å². The number of thiazole rings is 1. The minimum absolute atomic E-state index is 0.778. The first-order chi connectivity index (χ1) is 7.25. The van der Waals surface area contributed by atoms with Crippen LogP contribution in [0, 0.1) is 6.92 Å². The van der Waals surface area contributed by atoms with Gasteiger partial charge in [-0.15, -0.1) is 11.3 Å². The number of anilines is 1. The summed E-state index contributed by atoms with van der Waals surface area (Å²) in [7, 11) is 0. The number of nitrogens with one attached hydrogen (secondary N) is 1. The third-order valence-corrected chi connectivity index (χ3v) is 3.17. The van der Waals surface area contributed by atoms with Crippen molar-refractivity contribution in [3.63, 3.8) is 0 Å². The fourth-order valence-electron chi connectivity index (χ4n) is 1.23. The summed E-state index contributed by atoms with van der Waals surface area (Å²) in [5, 5.41) is 3.28. The van der Waals surface area contributed by atoms with Crippen molar-refractivity contribution in [3.8, 4) is 0 Å². The topological polar surface area (TPSA) is 37.8 Å². The fourth-order valence-corrected chi connectivity index (χ4v) is 2.21. The molecule has 15 heavy (non-hydrogen) atoms. The van der Waals surface area contributed by atoms with Crippen molar-refractivity contribution in [1.29, 1.82) is 0 Å². The van der Waals surface area contributed by atoms with Crippen molar-refractivity contribution in [3.05, 3.63) is 38.9 Å². The van der Waals surface area contributed by atoms with Crippen LogP contribution in [-0.4, -0.2) is 9.97 Å². The zero-order valence-electron chi connectivity index (χ0n) is 8.20. The Morgan fingerprint density at radius 2 is 2.33 bits per heavy atom. The molecule has 5 heteroatoms. The fraction of sp³-hybridized carbons (Fsp3) is 0.200. The molecule has 0 saturated carbocycles. The monoisotopic (exact) mass is 283 g/mol.